The zero-order valence-corrected chi connectivity index (χ0v) is 46.4. The first-order valence-electron chi connectivity index (χ1n) is 25.1. The summed E-state index contributed by atoms with van der Waals surface area (Å²) in [4.78, 5) is 72.5. The molecule has 0 unspecified atom stereocenters. The predicted molar refractivity (Wildman–Crippen MR) is 317 cm³/mol. The Bertz CT molecular complexity index is 3760. The van der Waals surface area contributed by atoms with E-state index in [1.807, 2.05) is 84.9 Å². The molecule has 0 spiro atoms. The third kappa shape index (κ3) is 20.2. The third-order valence-electron chi connectivity index (χ3n) is 11.1. The van der Waals surface area contributed by atoms with Gasteiger partial charge < -0.3 is 25.4 Å². The van der Waals surface area contributed by atoms with Gasteiger partial charge in [0.1, 0.15) is 32.3 Å². The first kappa shape index (κ1) is 60.1. The van der Waals surface area contributed by atoms with Crippen LogP contribution < -0.4 is 25.4 Å². The quantitative estimate of drug-likeness (QED) is 0.0389. The molecule has 17 nitrogen and oxygen atoms in total. The van der Waals surface area contributed by atoms with Gasteiger partial charge in [-0.15, -0.1) is 48.5 Å². The molecule has 0 bridgehead atoms. The van der Waals surface area contributed by atoms with E-state index >= 15 is 0 Å². The number of carbonyl (C=O) groups is 3. The van der Waals surface area contributed by atoms with Gasteiger partial charge in [0.25, 0.3) is 23.4 Å². The topological polar surface area (TPSA) is 226 Å². The van der Waals surface area contributed by atoms with E-state index in [-0.39, 0.29) is 29.2 Å². The van der Waals surface area contributed by atoms with Gasteiger partial charge in [-0.1, -0.05) is 60.7 Å². The standard InChI is InChI=1S/C24H19N3O2S.C19H14F3N3O2S.C18H14N4O3S/c28-24(19-6-4-5-18(15-19)17-30-23-16-25-13-14-26-23)27-20-9-11-22(12-10-20)29-21-7-2-1-3-8-21;20-19(21,22)27-16-6-4-15(5-7-16)25-18(26)14-3-1-2-13(10-14)12-28-17-11-23-8-9-24-17;23-18(21-15-5-2-6-16(10-15)22(24)25)14-4-1-3-13(9-14)12-26-17-11-19-7-8-20-17/h1-16H,17H2,(H,27,28);1-11H,12H2,(H,25,26);1-11H,12H2,(H,21,23). The number of amides is 3. The number of aromatic nitrogens is 6. The number of ether oxygens (including phenoxy) is 2. The molecule has 0 saturated heterocycles. The van der Waals surface area contributed by atoms with Crippen molar-refractivity contribution in [2.45, 2.75) is 38.7 Å². The summed E-state index contributed by atoms with van der Waals surface area (Å²) in [7, 11) is 0. The molecule has 0 fully saturated rings. The molecule has 3 heterocycles. The smallest absolute Gasteiger partial charge is 0.457 e. The molecule has 0 radical (unpaired) electrons. The number of thioether (sulfide) groups is 3. The molecular formula is C61H47F3N10O7S3. The lowest BCUT2D eigenvalue weighted by Crippen LogP contribution is -2.17. The van der Waals surface area contributed by atoms with Crippen LogP contribution in [0.1, 0.15) is 47.8 Å². The number of hydrogen-bond acceptors (Lipinski definition) is 16. The van der Waals surface area contributed by atoms with Crippen molar-refractivity contribution in [1.82, 2.24) is 29.9 Å². The van der Waals surface area contributed by atoms with E-state index < -0.39 is 11.3 Å². The Morgan fingerprint density at radius 1 is 0.452 bits per heavy atom. The molecule has 10 aromatic rings. The summed E-state index contributed by atoms with van der Waals surface area (Å²) in [6.45, 7) is 0. The van der Waals surface area contributed by atoms with Crippen molar-refractivity contribution in [1.29, 1.82) is 0 Å². The van der Waals surface area contributed by atoms with Crippen LogP contribution in [0.25, 0.3) is 0 Å². The van der Waals surface area contributed by atoms with Crippen LogP contribution in [0.4, 0.5) is 35.9 Å². The SMILES string of the molecule is O=C(Nc1ccc(OC(F)(F)F)cc1)c1cccc(CSc2cnccn2)c1.O=C(Nc1ccc(Oc2ccccc2)cc1)c1cccc(CSc2cnccn2)c1.O=C(Nc1cccc([N+](=O)[O-])c1)c1cccc(CSc2cnccn2)c1. The second kappa shape index (κ2) is 30.7. The highest BCUT2D eigenvalue weighted by molar-refractivity contribution is 7.98. The summed E-state index contributed by atoms with van der Waals surface area (Å²) in [5.41, 5.74) is 5.84. The Labute approximate surface area is 492 Å². The number of nitrogens with one attached hydrogen (secondary N) is 3. The predicted octanol–water partition coefficient (Wildman–Crippen LogP) is 14.7. The summed E-state index contributed by atoms with van der Waals surface area (Å²) >= 11 is 4.60. The summed E-state index contributed by atoms with van der Waals surface area (Å²) in [5.74, 6) is 2.26. The van der Waals surface area contributed by atoms with Crippen molar-refractivity contribution >= 4 is 75.8 Å². The Kier molecular flexibility index (Phi) is 22.0. The van der Waals surface area contributed by atoms with Crippen molar-refractivity contribution < 1.29 is 42.0 Å². The molecule has 0 aliphatic heterocycles. The van der Waals surface area contributed by atoms with Gasteiger partial charge in [0, 0.05) is 100 Å². The molecule has 7 aromatic carbocycles. The number of nitro groups is 1. The lowest BCUT2D eigenvalue weighted by Gasteiger charge is -2.10. The molecule has 84 heavy (non-hydrogen) atoms. The van der Waals surface area contributed by atoms with Crippen LogP contribution >= 0.6 is 35.3 Å². The molecule has 0 aliphatic carbocycles. The number of halogens is 3. The number of non-ortho nitro benzene ring substituents is 1. The average Bonchev–Trinajstić information content (AvgIpc) is 3.55. The van der Waals surface area contributed by atoms with Gasteiger partial charge in [-0.05, 0) is 120 Å². The molecule has 0 saturated carbocycles. The summed E-state index contributed by atoms with van der Waals surface area (Å²) in [6, 6.07) is 49.5. The second-order valence-electron chi connectivity index (χ2n) is 17.3. The Morgan fingerprint density at radius 3 is 1.24 bits per heavy atom. The van der Waals surface area contributed by atoms with Crippen LogP contribution in [0, 0.1) is 10.1 Å². The maximum Gasteiger partial charge on any atom is 0.573 e. The number of anilines is 3. The van der Waals surface area contributed by atoms with Crippen molar-refractivity contribution in [2.75, 3.05) is 16.0 Å². The number of nitrogens with zero attached hydrogens (tertiary/aromatic N) is 7. The van der Waals surface area contributed by atoms with Crippen LogP contribution in [0.2, 0.25) is 0 Å². The molecule has 23 heteroatoms. The number of benzene rings is 7. The monoisotopic (exact) mass is 1180 g/mol. The molecular weight excluding hydrogens is 1140 g/mol. The van der Waals surface area contributed by atoms with Crippen molar-refractivity contribution in [2.24, 2.45) is 0 Å². The van der Waals surface area contributed by atoms with Gasteiger partial charge in [0.15, 0.2) is 0 Å². The maximum absolute atomic E-state index is 12.6. The summed E-state index contributed by atoms with van der Waals surface area (Å²) in [6.07, 6.45) is 10.1. The highest BCUT2D eigenvalue weighted by Gasteiger charge is 2.31. The Hall–Kier alpha value is -9.97. The molecule has 3 N–H and O–H groups in total. The largest absolute Gasteiger partial charge is 0.573 e. The normalized spacial score (nSPS) is 10.6. The van der Waals surface area contributed by atoms with Crippen LogP contribution in [0.15, 0.2) is 247 Å². The fourth-order valence-corrected chi connectivity index (χ4v) is 9.53. The molecule has 3 aromatic heterocycles. The van der Waals surface area contributed by atoms with Gasteiger partial charge in [0.2, 0.25) is 0 Å². The number of carbonyl (C=O) groups excluding carboxylic acids is 3. The lowest BCUT2D eigenvalue weighted by molar-refractivity contribution is -0.384. The van der Waals surface area contributed by atoms with Crippen molar-refractivity contribution in [3.63, 3.8) is 0 Å². The van der Waals surface area contributed by atoms with Crippen LogP contribution in [-0.4, -0.2) is 58.9 Å². The molecule has 0 atom stereocenters. The number of para-hydroxylation sites is 1. The Morgan fingerprint density at radius 2 is 0.845 bits per heavy atom. The molecule has 10 rings (SSSR count). The molecule has 422 valence electrons. The average molecular weight is 1190 g/mol. The summed E-state index contributed by atoms with van der Waals surface area (Å²) in [5, 5.41) is 21.5. The van der Waals surface area contributed by atoms with E-state index in [1.54, 1.807) is 116 Å². The van der Waals surface area contributed by atoms with Crippen molar-refractivity contribution in [3.05, 3.63) is 275 Å². The van der Waals surface area contributed by atoms with E-state index in [9.17, 15) is 37.7 Å². The van der Waals surface area contributed by atoms with Crippen LogP contribution in [-0.2, 0) is 17.3 Å². The van der Waals surface area contributed by atoms with Crippen LogP contribution in [0.3, 0.4) is 0 Å². The third-order valence-corrected chi connectivity index (χ3v) is 14.1. The zero-order valence-electron chi connectivity index (χ0n) is 43.9. The fourth-order valence-electron chi connectivity index (χ4n) is 7.24. The van der Waals surface area contributed by atoms with E-state index in [0.29, 0.717) is 56.8 Å². The van der Waals surface area contributed by atoms with Gasteiger partial charge in [-0.2, -0.15) is 0 Å². The Balaban J connectivity index is 0.000000165. The second-order valence-corrected chi connectivity index (χ2v) is 20.3. The number of nitro benzene ring substituents is 1. The van der Waals surface area contributed by atoms with E-state index in [4.69, 9.17) is 4.74 Å². The minimum absolute atomic E-state index is 0.0723. The number of alkyl halides is 3. The molecule has 3 amide bonds. The van der Waals surface area contributed by atoms with E-state index in [1.165, 1.54) is 53.9 Å². The highest BCUT2D eigenvalue weighted by atomic mass is 32.2. The first-order valence-corrected chi connectivity index (χ1v) is 28.0. The highest BCUT2D eigenvalue weighted by Crippen LogP contribution is 2.28. The fraction of sp³-hybridized carbons (Fsp3) is 0.0656. The zero-order chi connectivity index (χ0) is 58.9. The van der Waals surface area contributed by atoms with Gasteiger partial charge in [0.05, 0.1) is 23.5 Å². The van der Waals surface area contributed by atoms with Gasteiger partial charge >= 0.3 is 6.36 Å². The minimum Gasteiger partial charge on any atom is -0.457 e. The number of hydrogen-bond donors (Lipinski definition) is 3. The minimum atomic E-state index is -4.76. The maximum atomic E-state index is 12.6. The number of rotatable bonds is 19. The van der Waals surface area contributed by atoms with Gasteiger partial charge in [-0.3, -0.25) is 39.4 Å². The summed E-state index contributed by atoms with van der Waals surface area (Å²) < 4.78 is 46.1. The van der Waals surface area contributed by atoms with E-state index in [2.05, 4.69) is 50.6 Å². The van der Waals surface area contributed by atoms with Crippen LogP contribution in [0.5, 0.6) is 17.2 Å². The van der Waals surface area contributed by atoms with Crippen molar-refractivity contribution in [3.8, 4) is 17.2 Å². The van der Waals surface area contributed by atoms with E-state index in [0.717, 1.165) is 49.7 Å². The first-order chi connectivity index (χ1) is 40.8. The molecule has 0 aliphatic rings. The van der Waals surface area contributed by atoms with Gasteiger partial charge in [-0.25, -0.2) is 15.0 Å². The lowest BCUT2D eigenvalue weighted by atomic mass is 10.1.